The van der Waals surface area contributed by atoms with Gasteiger partial charge in [0.15, 0.2) is 11.1 Å². The van der Waals surface area contributed by atoms with Gasteiger partial charge in [-0.05, 0) is 24.3 Å². The summed E-state index contributed by atoms with van der Waals surface area (Å²) in [4.78, 5) is -2.40. The number of sulfone groups is 1. The maximum Gasteiger partial charge on any atom is 0.417 e. The Hall–Kier alpha value is -1.71. The van der Waals surface area contributed by atoms with Gasteiger partial charge in [-0.15, -0.1) is 0 Å². The molecule has 0 bridgehead atoms. The van der Waals surface area contributed by atoms with Gasteiger partial charge in [-0.1, -0.05) is 24.3 Å². The summed E-state index contributed by atoms with van der Waals surface area (Å²) < 4.78 is 84.6. The molecule has 0 aliphatic heterocycles. The van der Waals surface area contributed by atoms with E-state index in [9.17, 15) is 25.8 Å². The van der Waals surface area contributed by atoms with Crippen LogP contribution in [0.25, 0.3) is 0 Å². The third kappa shape index (κ3) is 3.06. The summed E-state index contributed by atoms with van der Waals surface area (Å²) in [5.41, 5.74) is -1.48. The number of hydrogen-bond donors (Lipinski definition) is 1. The van der Waals surface area contributed by atoms with E-state index in [1.54, 1.807) is 0 Å². The van der Waals surface area contributed by atoms with Crippen molar-refractivity contribution in [3.8, 4) is 0 Å². The van der Waals surface area contributed by atoms with Crippen LogP contribution in [0.4, 0.5) is 13.2 Å². The highest BCUT2D eigenvalue weighted by molar-refractivity contribution is 7.92. The minimum atomic E-state index is -4.98. The molecule has 1 atom stereocenters. The maximum absolute atomic E-state index is 13.1. The Morgan fingerprint density at radius 3 is 2.05 bits per heavy atom. The molecular formula is C13H9F3O4S2. The van der Waals surface area contributed by atoms with Crippen molar-refractivity contribution in [1.82, 2.24) is 0 Å². The molecule has 0 amide bonds. The first-order valence-corrected chi connectivity index (χ1v) is 8.36. The number of rotatable bonds is 3. The maximum atomic E-state index is 13.1. The summed E-state index contributed by atoms with van der Waals surface area (Å²) in [5.74, 6) is 0. The van der Waals surface area contributed by atoms with Gasteiger partial charge < -0.3 is 4.55 Å². The van der Waals surface area contributed by atoms with E-state index in [-0.39, 0.29) is 0 Å². The first-order valence-electron chi connectivity index (χ1n) is 5.77. The SMILES string of the molecule is O=S(O)c1cccc(C(F)(F)F)c1S(=O)(=O)c1ccccc1. The number of benzene rings is 2. The van der Waals surface area contributed by atoms with Crippen molar-refractivity contribution in [2.75, 3.05) is 0 Å². The molecule has 0 fully saturated rings. The van der Waals surface area contributed by atoms with Crippen molar-refractivity contribution in [2.45, 2.75) is 20.9 Å². The van der Waals surface area contributed by atoms with Gasteiger partial charge in [-0.2, -0.15) is 13.2 Å². The molecule has 9 heteroatoms. The van der Waals surface area contributed by atoms with Crippen molar-refractivity contribution < 1.29 is 30.4 Å². The average molecular weight is 350 g/mol. The largest absolute Gasteiger partial charge is 0.417 e. The van der Waals surface area contributed by atoms with Crippen molar-refractivity contribution >= 4 is 20.9 Å². The zero-order chi connectivity index (χ0) is 16.5. The molecule has 0 saturated carbocycles. The van der Waals surface area contributed by atoms with E-state index in [0.717, 1.165) is 24.3 Å². The van der Waals surface area contributed by atoms with E-state index >= 15 is 0 Å². The fourth-order valence-corrected chi connectivity index (χ4v) is 4.44. The van der Waals surface area contributed by atoms with Crippen LogP contribution in [0.15, 0.2) is 63.2 Å². The minimum absolute atomic E-state index is 0.390. The molecule has 118 valence electrons. The molecule has 0 aromatic heterocycles. The number of alkyl halides is 3. The van der Waals surface area contributed by atoms with Crippen LogP contribution in [0.1, 0.15) is 5.56 Å². The highest BCUT2D eigenvalue weighted by Crippen LogP contribution is 2.38. The van der Waals surface area contributed by atoms with Gasteiger partial charge in [0.05, 0.1) is 15.4 Å². The van der Waals surface area contributed by atoms with Crippen molar-refractivity contribution in [2.24, 2.45) is 0 Å². The van der Waals surface area contributed by atoms with E-state index in [1.807, 2.05) is 0 Å². The summed E-state index contributed by atoms with van der Waals surface area (Å²) in [5, 5.41) is 0. The Morgan fingerprint density at radius 2 is 1.55 bits per heavy atom. The molecule has 2 aromatic rings. The Bertz CT molecular complexity index is 815. The standard InChI is InChI=1S/C13H9F3O4S2/c14-13(15,16)10-7-4-8-11(21(17)18)12(10)22(19,20)9-5-2-1-3-6-9/h1-8H,(H,17,18). The first-order chi connectivity index (χ1) is 10.2. The zero-order valence-electron chi connectivity index (χ0n) is 10.7. The van der Waals surface area contributed by atoms with Gasteiger partial charge in [0, 0.05) is 0 Å². The van der Waals surface area contributed by atoms with Crippen LogP contribution < -0.4 is 0 Å². The second kappa shape index (κ2) is 5.82. The molecule has 4 nitrogen and oxygen atoms in total. The fourth-order valence-electron chi connectivity index (χ4n) is 1.87. The lowest BCUT2D eigenvalue weighted by Gasteiger charge is -2.15. The molecular weight excluding hydrogens is 341 g/mol. The Balaban J connectivity index is 2.87. The van der Waals surface area contributed by atoms with Crippen LogP contribution in [0.3, 0.4) is 0 Å². The quantitative estimate of drug-likeness (QED) is 0.864. The molecule has 0 spiro atoms. The van der Waals surface area contributed by atoms with Gasteiger partial charge in [-0.25, -0.2) is 12.6 Å². The zero-order valence-corrected chi connectivity index (χ0v) is 12.4. The predicted molar refractivity (Wildman–Crippen MR) is 72.4 cm³/mol. The van der Waals surface area contributed by atoms with Crippen LogP contribution >= 0.6 is 0 Å². The summed E-state index contributed by atoms with van der Waals surface area (Å²) in [7, 11) is -4.60. The third-order valence-electron chi connectivity index (χ3n) is 2.79. The van der Waals surface area contributed by atoms with E-state index in [0.29, 0.717) is 6.07 Å². The fraction of sp³-hybridized carbons (Fsp3) is 0.0769. The van der Waals surface area contributed by atoms with Gasteiger partial charge in [0.25, 0.3) is 0 Å². The number of halogens is 3. The van der Waals surface area contributed by atoms with Crippen molar-refractivity contribution in [3.63, 3.8) is 0 Å². The van der Waals surface area contributed by atoms with Crippen LogP contribution in [-0.2, 0) is 27.1 Å². The Labute approximate surface area is 126 Å². The molecule has 0 aliphatic rings. The molecule has 0 radical (unpaired) electrons. The lowest BCUT2D eigenvalue weighted by atomic mass is 10.2. The van der Waals surface area contributed by atoms with E-state index < -0.39 is 47.3 Å². The molecule has 1 N–H and O–H groups in total. The minimum Gasteiger partial charge on any atom is -0.302 e. The molecule has 2 rings (SSSR count). The van der Waals surface area contributed by atoms with Crippen molar-refractivity contribution in [1.29, 1.82) is 0 Å². The highest BCUT2D eigenvalue weighted by Gasteiger charge is 2.40. The summed E-state index contributed by atoms with van der Waals surface area (Å²) in [6.45, 7) is 0. The Kier molecular flexibility index (Phi) is 4.41. The van der Waals surface area contributed by atoms with Gasteiger partial charge in [0.1, 0.15) is 4.90 Å². The molecule has 2 aromatic carbocycles. The summed E-state index contributed by atoms with van der Waals surface area (Å²) in [6.07, 6.45) is -4.98. The monoisotopic (exact) mass is 350 g/mol. The van der Waals surface area contributed by atoms with E-state index in [2.05, 4.69) is 0 Å². The van der Waals surface area contributed by atoms with E-state index in [4.69, 9.17) is 4.55 Å². The van der Waals surface area contributed by atoms with Gasteiger partial charge in [-0.3, -0.25) is 0 Å². The highest BCUT2D eigenvalue weighted by atomic mass is 32.2. The smallest absolute Gasteiger partial charge is 0.302 e. The number of hydrogen-bond acceptors (Lipinski definition) is 3. The van der Waals surface area contributed by atoms with Crippen LogP contribution in [0.5, 0.6) is 0 Å². The normalized spacial score (nSPS) is 13.8. The molecule has 0 aliphatic carbocycles. The van der Waals surface area contributed by atoms with Crippen LogP contribution in [-0.4, -0.2) is 17.2 Å². The average Bonchev–Trinajstić information content (AvgIpc) is 2.46. The molecule has 0 heterocycles. The lowest BCUT2D eigenvalue weighted by molar-refractivity contribution is -0.140. The first kappa shape index (κ1) is 16.7. The summed E-state index contributed by atoms with van der Waals surface area (Å²) in [6, 6.07) is 8.75. The van der Waals surface area contributed by atoms with Crippen LogP contribution in [0, 0.1) is 0 Å². The third-order valence-corrected chi connectivity index (χ3v) is 5.51. The predicted octanol–water partition coefficient (Wildman–Crippen LogP) is 3.12. The molecule has 22 heavy (non-hydrogen) atoms. The Morgan fingerprint density at radius 1 is 0.955 bits per heavy atom. The summed E-state index contributed by atoms with van der Waals surface area (Å²) >= 11 is -2.89. The second-order valence-electron chi connectivity index (χ2n) is 4.20. The topological polar surface area (TPSA) is 71.4 Å². The van der Waals surface area contributed by atoms with Crippen LogP contribution in [0.2, 0.25) is 0 Å². The van der Waals surface area contributed by atoms with Crippen molar-refractivity contribution in [3.05, 3.63) is 54.1 Å². The van der Waals surface area contributed by atoms with Gasteiger partial charge >= 0.3 is 6.18 Å². The van der Waals surface area contributed by atoms with Gasteiger partial charge in [0.2, 0.25) is 9.84 Å². The second-order valence-corrected chi connectivity index (χ2v) is 7.02. The molecule has 1 unspecified atom stereocenters. The van der Waals surface area contributed by atoms with E-state index in [1.165, 1.54) is 18.2 Å². The molecule has 0 saturated heterocycles. The lowest BCUT2D eigenvalue weighted by Crippen LogP contribution is -2.16.